The number of fused-ring (bicyclic) bond motifs is 5. The molecule has 7 N–H and O–H groups in total. The summed E-state index contributed by atoms with van der Waals surface area (Å²) in [5.74, 6) is 4.00. The molecule has 7 nitrogen and oxygen atoms in total. The second kappa shape index (κ2) is 21.4. The quantitative estimate of drug-likeness (QED) is 0.0722. The number of ether oxygens (including phenoxy) is 3. The third-order valence-electron chi connectivity index (χ3n) is 14.4. The first-order chi connectivity index (χ1) is 23.8. The predicted molar refractivity (Wildman–Crippen MR) is 205 cm³/mol. The Hall–Kier alpha value is -0.280. The third kappa shape index (κ3) is 10.9. The van der Waals surface area contributed by atoms with Crippen LogP contribution in [0.3, 0.4) is 0 Å². The molecular formula is C42H82N4O3. The van der Waals surface area contributed by atoms with Crippen LogP contribution in [-0.4, -0.2) is 70.9 Å². The minimum Gasteiger partial charge on any atom is -0.378 e. The Bertz CT molecular complexity index is 894. The lowest BCUT2D eigenvalue weighted by molar-refractivity contribution is -0.226. The molecule has 4 saturated carbocycles. The van der Waals surface area contributed by atoms with Gasteiger partial charge in [0.15, 0.2) is 0 Å². The Kier molecular flexibility index (Phi) is 18.1. The maximum Gasteiger partial charge on any atom is 0.0637 e. The smallest absolute Gasteiger partial charge is 0.0637 e. The van der Waals surface area contributed by atoms with Gasteiger partial charge in [-0.05, 0) is 169 Å². The van der Waals surface area contributed by atoms with E-state index in [-0.39, 0.29) is 5.41 Å². The molecule has 0 aromatic carbocycles. The molecule has 0 aromatic rings. The van der Waals surface area contributed by atoms with Crippen LogP contribution >= 0.6 is 0 Å². The molecule has 11 atom stereocenters. The summed E-state index contributed by atoms with van der Waals surface area (Å²) in [5.41, 5.74) is 18.3. The van der Waals surface area contributed by atoms with Crippen molar-refractivity contribution in [3.63, 3.8) is 0 Å². The number of unbranched alkanes of at least 4 members (excludes halogenated alkanes) is 5. The molecular weight excluding hydrogens is 608 g/mol. The summed E-state index contributed by atoms with van der Waals surface area (Å²) in [6, 6.07) is 0. The van der Waals surface area contributed by atoms with Gasteiger partial charge in [-0.1, -0.05) is 59.8 Å². The second-order valence-electron chi connectivity index (χ2n) is 17.6. The van der Waals surface area contributed by atoms with Crippen molar-refractivity contribution in [1.82, 2.24) is 5.32 Å². The van der Waals surface area contributed by atoms with E-state index in [1.54, 1.807) is 0 Å². The number of hydrogen-bond donors (Lipinski definition) is 4. The molecule has 0 heterocycles. The maximum absolute atomic E-state index is 7.03. The molecule has 49 heavy (non-hydrogen) atoms. The first-order valence-electron chi connectivity index (χ1n) is 21.5. The molecule has 0 saturated heterocycles. The van der Waals surface area contributed by atoms with E-state index in [1.165, 1.54) is 109 Å². The molecule has 4 rings (SSSR count). The van der Waals surface area contributed by atoms with Gasteiger partial charge in [0, 0.05) is 19.8 Å². The molecule has 0 radical (unpaired) electrons. The van der Waals surface area contributed by atoms with Crippen LogP contribution in [0.15, 0.2) is 0 Å². The monoisotopic (exact) mass is 691 g/mol. The Morgan fingerprint density at radius 1 is 0.714 bits per heavy atom. The third-order valence-corrected chi connectivity index (χ3v) is 14.4. The normalized spacial score (nSPS) is 36.3. The fraction of sp³-hybridized carbons (Fsp3) is 1.00. The fourth-order valence-electron chi connectivity index (χ4n) is 11.5. The zero-order valence-electron chi connectivity index (χ0n) is 32.7. The summed E-state index contributed by atoms with van der Waals surface area (Å²) in [5, 5.41) is 3.75. The summed E-state index contributed by atoms with van der Waals surface area (Å²) in [6.45, 7) is 17.0. The van der Waals surface area contributed by atoms with Crippen molar-refractivity contribution in [1.29, 1.82) is 0 Å². The van der Waals surface area contributed by atoms with E-state index in [4.69, 9.17) is 31.4 Å². The summed E-state index contributed by atoms with van der Waals surface area (Å²) in [7, 11) is 0. The van der Waals surface area contributed by atoms with E-state index in [9.17, 15) is 0 Å². The maximum atomic E-state index is 7.03. The van der Waals surface area contributed by atoms with Crippen LogP contribution < -0.4 is 22.5 Å². The molecule has 0 bridgehead atoms. The molecule has 7 heteroatoms. The van der Waals surface area contributed by atoms with E-state index in [2.05, 4.69) is 33.0 Å². The van der Waals surface area contributed by atoms with Crippen molar-refractivity contribution in [2.24, 2.45) is 63.5 Å². The van der Waals surface area contributed by atoms with Gasteiger partial charge in [-0.3, -0.25) is 0 Å². The van der Waals surface area contributed by atoms with Gasteiger partial charge in [-0.2, -0.15) is 0 Å². The SMILES string of the molecule is CCCCCCCCNCCC[C@@H](C)CC1CC[C@H]2C3[C@H](OCCCN)CC4C[C@H](OCCCN)CC[C@]4(C)[C@H]3C[C@H](OCCCN)[C@]12C. The van der Waals surface area contributed by atoms with Crippen molar-refractivity contribution >= 4 is 0 Å². The number of nitrogens with one attached hydrogen (secondary N) is 1. The van der Waals surface area contributed by atoms with Gasteiger partial charge in [-0.25, -0.2) is 0 Å². The van der Waals surface area contributed by atoms with Gasteiger partial charge in [0.05, 0.1) is 18.3 Å². The molecule has 0 aliphatic heterocycles. The van der Waals surface area contributed by atoms with E-state index < -0.39 is 0 Å². The van der Waals surface area contributed by atoms with E-state index in [1.807, 2.05) is 0 Å². The van der Waals surface area contributed by atoms with Crippen molar-refractivity contribution in [3.8, 4) is 0 Å². The van der Waals surface area contributed by atoms with Gasteiger partial charge in [0.1, 0.15) is 0 Å². The second-order valence-corrected chi connectivity index (χ2v) is 17.6. The molecule has 4 aliphatic rings. The molecule has 288 valence electrons. The van der Waals surface area contributed by atoms with Crippen LogP contribution in [0.4, 0.5) is 0 Å². The van der Waals surface area contributed by atoms with Crippen molar-refractivity contribution in [2.45, 2.75) is 168 Å². The van der Waals surface area contributed by atoms with Gasteiger partial charge >= 0.3 is 0 Å². The van der Waals surface area contributed by atoms with Gasteiger partial charge in [0.2, 0.25) is 0 Å². The average Bonchev–Trinajstić information content (AvgIpc) is 3.42. The zero-order chi connectivity index (χ0) is 35.1. The molecule has 4 fully saturated rings. The summed E-state index contributed by atoms with van der Waals surface area (Å²) >= 11 is 0. The summed E-state index contributed by atoms with van der Waals surface area (Å²) < 4.78 is 20.4. The van der Waals surface area contributed by atoms with Crippen LogP contribution in [0.25, 0.3) is 0 Å². The average molecular weight is 691 g/mol. The topological polar surface area (TPSA) is 118 Å². The van der Waals surface area contributed by atoms with E-state index in [0.717, 1.165) is 51.4 Å². The highest BCUT2D eigenvalue weighted by Crippen LogP contribution is 2.69. The lowest BCUT2D eigenvalue weighted by Gasteiger charge is -2.64. The van der Waals surface area contributed by atoms with Gasteiger partial charge < -0.3 is 36.7 Å². The van der Waals surface area contributed by atoms with Gasteiger partial charge in [-0.15, -0.1) is 0 Å². The Morgan fingerprint density at radius 3 is 2.12 bits per heavy atom. The first kappa shape index (κ1) is 41.5. The lowest BCUT2D eigenvalue weighted by atomic mass is 9.43. The number of rotatable bonds is 25. The standard InChI is InChI=1S/C42H82N4O3/c1-5-6-7-8-9-10-23-46-24-11-15-32(2)28-33-16-17-36-40-37(31-39(42(33,36)4)49-27-14-22-45)41(3)19-18-35(47-25-12-20-43)29-34(41)30-38(40)48-26-13-21-44/h32-40,46H,5-31,43-45H2,1-4H3/t32-,33?,34?,35-,36+,37+,38-,39+,40?,41+,42-/m1/s1. The summed E-state index contributed by atoms with van der Waals surface area (Å²) in [6.07, 6.45) is 24.6. The summed E-state index contributed by atoms with van der Waals surface area (Å²) in [4.78, 5) is 0. The minimum absolute atomic E-state index is 0.196. The van der Waals surface area contributed by atoms with E-state index >= 15 is 0 Å². The highest BCUT2D eigenvalue weighted by Gasteiger charge is 2.66. The largest absolute Gasteiger partial charge is 0.378 e. The highest BCUT2D eigenvalue weighted by atomic mass is 16.5. The molecule has 0 amide bonds. The minimum atomic E-state index is 0.196. The number of nitrogens with two attached hydrogens (primary N) is 3. The van der Waals surface area contributed by atoms with Crippen molar-refractivity contribution in [3.05, 3.63) is 0 Å². The molecule has 4 aliphatic carbocycles. The van der Waals surface area contributed by atoms with Crippen LogP contribution in [-0.2, 0) is 14.2 Å². The fourth-order valence-corrected chi connectivity index (χ4v) is 11.5. The predicted octanol–water partition coefficient (Wildman–Crippen LogP) is 7.82. The molecule has 0 spiro atoms. The highest BCUT2D eigenvalue weighted by molar-refractivity contribution is 5.14. The Morgan fingerprint density at radius 2 is 1.39 bits per heavy atom. The zero-order valence-corrected chi connectivity index (χ0v) is 32.7. The van der Waals surface area contributed by atoms with Crippen LogP contribution in [0.2, 0.25) is 0 Å². The Balaban J connectivity index is 1.43. The molecule has 3 unspecified atom stereocenters. The Labute approximate surface area is 303 Å². The number of hydrogen-bond acceptors (Lipinski definition) is 7. The molecule has 0 aromatic heterocycles. The van der Waals surface area contributed by atoms with Crippen LogP contribution in [0.5, 0.6) is 0 Å². The van der Waals surface area contributed by atoms with Crippen molar-refractivity contribution < 1.29 is 14.2 Å². The first-order valence-corrected chi connectivity index (χ1v) is 21.5. The van der Waals surface area contributed by atoms with Gasteiger partial charge in [0.25, 0.3) is 0 Å². The lowest BCUT2D eigenvalue weighted by Crippen LogP contribution is -2.63. The van der Waals surface area contributed by atoms with Crippen LogP contribution in [0, 0.1) is 46.3 Å². The van der Waals surface area contributed by atoms with Crippen molar-refractivity contribution in [2.75, 3.05) is 52.5 Å². The van der Waals surface area contributed by atoms with E-state index in [0.29, 0.717) is 73.0 Å². The van der Waals surface area contributed by atoms with Crippen LogP contribution in [0.1, 0.15) is 150 Å².